The Morgan fingerprint density at radius 1 is 1.18 bits per heavy atom. The average Bonchev–Trinajstić information content (AvgIpc) is 2.86. The Morgan fingerprint density at radius 3 is 2.68 bits per heavy atom. The predicted molar refractivity (Wildman–Crippen MR) is 93.2 cm³/mol. The minimum absolute atomic E-state index is 0.139. The number of carbonyl (C=O) groups excluding carboxylic acids is 1. The van der Waals surface area contributed by atoms with E-state index in [4.69, 9.17) is 11.6 Å². The van der Waals surface area contributed by atoms with Gasteiger partial charge in [-0.15, -0.1) is 0 Å². The Bertz CT molecular complexity index is 886. The van der Waals surface area contributed by atoms with Gasteiger partial charge in [-0.05, 0) is 50.1 Å². The second kappa shape index (κ2) is 5.71. The molecule has 3 rings (SSSR count). The van der Waals surface area contributed by atoms with Crippen LogP contribution in [-0.2, 0) is 0 Å². The maximum absolute atomic E-state index is 12.4. The normalized spacial score (nSPS) is 10.9. The summed E-state index contributed by atoms with van der Waals surface area (Å²) in [5, 5.41) is 4.15. The highest BCUT2D eigenvalue weighted by atomic mass is 35.5. The first-order valence-electron chi connectivity index (χ1n) is 6.90. The molecule has 22 heavy (non-hydrogen) atoms. The summed E-state index contributed by atoms with van der Waals surface area (Å²) < 4.78 is 1.01. The highest BCUT2D eigenvalue weighted by Crippen LogP contribution is 2.31. The molecule has 1 heterocycles. The van der Waals surface area contributed by atoms with Crippen molar-refractivity contribution in [1.29, 1.82) is 0 Å². The number of fused-ring (bicyclic) bond motifs is 1. The van der Waals surface area contributed by atoms with Gasteiger partial charge < -0.3 is 0 Å². The molecular formula is C17H15ClN2OS. The molecular weight excluding hydrogens is 316 g/mol. The summed E-state index contributed by atoms with van der Waals surface area (Å²) in [6, 6.07) is 9.55. The van der Waals surface area contributed by atoms with Gasteiger partial charge in [0.15, 0.2) is 5.13 Å². The maximum atomic E-state index is 12.4. The van der Waals surface area contributed by atoms with Crippen molar-refractivity contribution in [2.45, 2.75) is 20.8 Å². The van der Waals surface area contributed by atoms with Crippen molar-refractivity contribution in [2.75, 3.05) is 5.32 Å². The van der Waals surface area contributed by atoms with Crippen LogP contribution < -0.4 is 5.32 Å². The zero-order chi connectivity index (χ0) is 15.9. The van der Waals surface area contributed by atoms with Crippen LogP contribution in [0, 0.1) is 20.8 Å². The largest absolute Gasteiger partial charge is 0.298 e. The second-order valence-electron chi connectivity index (χ2n) is 5.31. The number of nitrogens with zero attached hydrogens (tertiary/aromatic N) is 1. The number of anilines is 1. The van der Waals surface area contributed by atoms with Gasteiger partial charge in [0, 0.05) is 10.6 Å². The molecule has 5 heteroatoms. The lowest BCUT2D eigenvalue weighted by Gasteiger charge is -2.06. The molecule has 1 aromatic heterocycles. The fraction of sp³-hybridized carbons (Fsp3) is 0.176. The molecule has 0 aliphatic heterocycles. The molecule has 0 fully saturated rings. The summed E-state index contributed by atoms with van der Waals surface area (Å²) in [5.74, 6) is -0.139. The second-order valence-corrected chi connectivity index (χ2v) is 6.75. The monoisotopic (exact) mass is 330 g/mol. The Labute approximate surface area is 138 Å². The molecule has 0 saturated carbocycles. The van der Waals surface area contributed by atoms with Crippen LogP contribution in [0.2, 0.25) is 5.02 Å². The molecule has 0 bridgehead atoms. The first-order valence-corrected chi connectivity index (χ1v) is 8.09. The number of hydrogen-bond donors (Lipinski definition) is 1. The summed E-state index contributed by atoms with van der Waals surface area (Å²) in [4.78, 5) is 16.9. The van der Waals surface area contributed by atoms with Crippen LogP contribution in [0.4, 0.5) is 5.13 Å². The molecule has 3 aromatic rings. The molecule has 0 saturated heterocycles. The van der Waals surface area contributed by atoms with Crippen LogP contribution in [0.25, 0.3) is 10.2 Å². The fourth-order valence-electron chi connectivity index (χ4n) is 2.39. The summed E-state index contributed by atoms with van der Waals surface area (Å²) in [5.41, 5.74) is 4.53. The predicted octanol–water partition coefficient (Wildman–Crippen LogP) is 5.13. The quantitative estimate of drug-likeness (QED) is 0.708. The van der Waals surface area contributed by atoms with Gasteiger partial charge in [0.25, 0.3) is 5.91 Å². The summed E-state index contributed by atoms with van der Waals surface area (Å²) in [7, 11) is 0. The SMILES string of the molecule is Cc1ccc(C(=O)Nc2nc3c(C)c(Cl)ccc3s2)c(C)c1. The Kier molecular flexibility index (Phi) is 3.89. The molecule has 1 amide bonds. The number of rotatable bonds is 2. The van der Waals surface area contributed by atoms with E-state index in [2.05, 4.69) is 10.3 Å². The Morgan fingerprint density at radius 2 is 1.95 bits per heavy atom. The van der Waals surface area contributed by atoms with Crippen LogP contribution in [-0.4, -0.2) is 10.9 Å². The van der Waals surface area contributed by atoms with Crippen molar-refractivity contribution in [3.8, 4) is 0 Å². The highest BCUT2D eigenvalue weighted by Gasteiger charge is 2.13. The van der Waals surface area contributed by atoms with E-state index in [9.17, 15) is 4.79 Å². The van der Waals surface area contributed by atoms with Crippen molar-refractivity contribution in [3.05, 3.63) is 57.6 Å². The van der Waals surface area contributed by atoms with E-state index in [0.717, 1.165) is 26.9 Å². The smallest absolute Gasteiger partial charge is 0.257 e. The molecule has 2 aromatic carbocycles. The van der Waals surface area contributed by atoms with Crippen molar-refractivity contribution >= 4 is 44.2 Å². The van der Waals surface area contributed by atoms with Crippen molar-refractivity contribution in [1.82, 2.24) is 4.98 Å². The lowest BCUT2D eigenvalue weighted by molar-refractivity contribution is 0.102. The number of aryl methyl sites for hydroxylation is 3. The van der Waals surface area contributed by atoms with Crippen LogP contribution >= 0.6 is 22.9 Å². The molecule has 0 aliphatic rings. The molecule has 3 nitrogen and oxygen atoms in total. The van der Waals surface area contributed by atoms with Gasteiger partial charge in [0.05, 0.1) is 10.2 Å². The number of aromatic nitrogens is 1. The Balaban J connectivity index is 1.92. The lowest BCUT2D eigenvalue weighted by atomic mass is 10.1. The Hall–Kier alpha value is -1.91. The van der Waals surface area contributed by atoms with Crippen LogP contribution in [0.5, 0.6) is 0 Å². The standard InChI is InChI=1S/C17H15ClN2OS/c1-9-4-5-12(10(2)8-9)16(21)20-17-19-15-11(3)13(18)6-7-14(15)22-17/h4-8H,1-3H3,(H,19,20,21). The zero-order valence-corrected chi connectivity index (χ0v) is 14.1. The van der Waals surface area contributed by atoms with Crippen molar-refractivity contribution in [3.63, 3.8) is 0 Å². The molecule has 1 N–H and O–H groups in total. The fourth-order valence-corrected chi connectivity index (χ4v) is 3.46. The highest BCUT2D eigenvalue weighted by molar-refractivity contribution is 7.22. The minimum Gasteiger partial charge on any atom is -0.298 e. The summed E-state index contributed by atoms with van der Waals surface area (Å²) in [6.07, 6.45) is 0. The van der Waals surface area contributed by atoms with Crippen molar-refractivity contribution < 1.29 is 4.79 Å². The van der Waals surface area contributed by atoms with Crippen LogP contribution in [0.15, 0.2) is 30.3 Å². The first-order chi connectivity index (χ1) is 10.5. The van der Waals surface area contributed by atoms with E-state index in [0.29, 0.717) is 15.7 Å². The zero-order valence-electron chi connectivity index (χ0n) is 12.5. The van der Waals surface area contributed by atoms with E-state index >= 15 is 0 Å². The number of amides is 1. The van der Waals surface area contributed by atoms with Gasteiger partial charge in [-0.2, -0.15) is 0 Å². The average molecular weight is 331 g/mol. The number of hydrogen-bond acceptors (Lipinski definition) is 3. The first kappa shape index (κ1) is 15.0. The van der Waals surface area contributed by atoms with Crippen molar-refractivity contribution in [2.24, 2.45) is 0 Å². The van der Waals surface area contributed by atoms with Crippen LogP contribution in [0.3, 0.4) is 0 Å². The minimum atomic E-state index is -0.139. The van der Waals surface area contributed by atoms with Crippen LogP contribution in [0.1, 0.15) is 27.0 Å². The van der Waals surface area contributed by atoms with E-state index < -0.39 is 0 Å². The van der Waals surface area contributed by atoms with E-state index in [1.54, 1.807) is 0 Å². The summed E-state index contributed by atoms with van der Waals surface area (Å²) >= 11 is 7.56. The lowest BCUT2D eigenvalue weighted by Crippen LogP contribution is -2.13. The summed E-state index contributed by atoms with van der Waals surface area (Å²) in [6.45, 7) is 5.87. The van der Waals surface area contributed by atoms with E-state index in [1.165, 1.54) is 11.3 Å². The van der Waals surface area contributed by atoms with Gasteiger partial charge in [-0.3, -0.25) is 10.1 Å². The number of carbonyl (C=O) groups is 1. The molecule has 0 radical (unpaired) electrons. The van der Waals surface area contributed by atoms with E-state index in [1.807, 2.05) is 51.1 Å². The van der Waals surface area contributed by atoms with Gasteiger partial charge in [-0.1, -0.05) is 40.6 Å². The maximum Gasteiger partial charge on any atom is 0.257 e. The van der Waals surface area contributed by atoms with Gasteiger partial charge >= 0.3 is 0 Å². The topological polar surface area (TPSA) is 42.0 Å². The molecule has 0 unspecified atom stereocenters. The molecule has 0 spiro atoms. The van der Waals surface area contributed by atoms with E-state index in [-0.39, 0.29) is 5.91 Å². The number of halogens is 1. The molecule has 0 atom stereocenters. The molecule has 0 aliphatic carbocycles. The van der Waals surface area contributed by atoms with Gasteiger partial charge in [0.1, 0.15) is 0 Å². The third-order valence-corrected chi connectivity index (χ3v) is 4.94. The number of nitrogens with one attached hydrogen (secondary N) is 1. The number of thiazole rings is 1. The van der Waals surface area contributed by atoms with Gasteiger partial charge in [0.2, 0.25) is 0 Å². The third kappa shape index (κ3) is 2.72. The van der Waals surface area contributed by atoms with Gasteiger partial charge in [-0.25, -0.2) is 4.98 Å². The number of benzene rings is 2. The third-order valence-electron chi connectivity index (χ3n) is 3.59. The molecule has 112 valence electrons.